The zero-order chi connectivity index (χ0) is 4.24. The fraction of sp³-hybridized carbons (Fsp3) is 0.400. The van der Waals surface area contributed by atoms with Crippen molar-refractivity contribution in [3.8, 4) is 0 Å². The Hall–Kier alpha value is -0.590. The molecule has 32 valence electrons. The van der Waals surface area contributed by atoms with Crippen molar-refractivity contribution in [2.75, 3.05) is 0 Å². The number of hydrogen-bond donors (Lipinski definition) is 0. The van der Waals surface area contributed by atoms with Crippen LogP contribution in [0.1, 0.15) is 12.8 Å². The van der Waals surface area contributed by atoms with Gasteiger partial charge in [0.25, 0.3) is 0 Å². The summed E-state index contributed by atoms with van der Waals surface area (Å²) in [5.74, 6) is 0. The first-order valence-electron chi connectivity index (χ1n) is 2.17. The molecule has 0 spiro atoms. The molecular formula is C5H7N. The normalized spacial score (nSPS) is 18.7. The first kappa shape index (κ1) is 3.59. The molecule has 0 aliphatic carbocycles. The molecule has 0 fully saturated rings. The minimum atomic E-state index is 1.12. The molecule has 0 amide bonds. The van der Waals surface area contributed by atoms with Gasteiger partial charge >= 0.3 is 0 Å². The van der Waals surface area contributed by atoms with Crippen molar-refractivity contribution in [3.63, 3.8) is 0 Å². The fourth-order valence-electron chi connectivity index (χ4n) is 0.442. The fourth-order valence-corrected chi connectivity index (χ4v) is 0.442. The summed E-state index contributed by atoms with van der Waals surface area (Å²) >= 11 is 0. The van der Waals surface area contributed by atoms with E-state index in [0.29, 0.717) is 0 Å². The van der Waals surface area contributed by atoms with E-state index in [4.69, 9.17) is 0 Å². The molecule has 1 aliphatic rings. The molecule has 1 rings (SSSR count). The largest absolute Gasteiger partial charge is 0.269 e. The highest BCUT2D eigenvalue weighted by molar-refractivity contribution is 5.59. The van der Waals surface area contributed by atoms with Gasteiger partial charge in [0.05, 0.1) is 0 Å². The summed E-state index contributed by atoms with van der Waals surface area (Å²) in [6, 6.07) is 0. The van der Waals surface area contributed by atoms with Gasteiger partial charge in [-0.2, -0.15) is 0 Å². The molecule has 6 heavy (non-hydrogen) atoms. The third-order valence-electron chi connectivity index (χ3n) is 0.759. The maximum Gasteiger partial charge on any atom is 0.0224 e. The molecule has 0 saturated carbocycles. The van der Waals surface area contributed by atoms with Gasteiger partial charge in [-0.05, 0) is 12.8 Å². The zero-order valence-corrected chi connectivity index (χ0v) is 3.59. The smallest absolute Gasteiger partial charge is 0.0224 e. The lowest BCUT2D eigenvalue weighted by molar-refractivity contribution is 1.08. The van der Waals surface area contributed by atoms with Gasteiger partial charge in [0, 0.05) is 12.4 Å². The highest BCUT2D eigenvalue weighted by Gasteiger charge is 1.78. The number of aliphatic imine (C=N–C) groups is 1. The van der Waals surface area contributed by atoms with Crippen molar-refractivity contribution < 1.29 is 0 Å². The van der Waals surface area contributed by atoms with Crippen LogP contribution in [0.5, 0.6) is 0 Å². The average Bonchev–Trinajstić information content (AvgIpc) is 1.72. The minimum Gasteiger partial charge on any atom is -0.269 e. The Bertz CT molecular complexity index is 69.9. The lowest BCUT2D eigenvalue weighted by atomic mass is 10.3. The first-order valence-corrected chi connectivity index (χ1v) is 2.17. The average molecular weight is 81.1 g/mol. The van der Waals surface area contributed by atoms with E-state index in [1.54, 1.807) is 0 Å². The van der Waals surface area contributed by atoms with Crippen LogP contribution >= 0.6 is 0 Å². The summed E-state index contributed by atoms with van der Waals surface area (Å²) in [6.45, 7) is 0. The monoisotopic (exact) mass is 81.1 g/mol. The molecule has 1 heterocycles. The van der Waals surface area contributed by atoms with E-state index in [9.17, 15) is 0 Å². The zero-order valence-electron chi connectivity index (χ0n) is 3.59. The van der Waals surface area contributed by atoms with E-state index < -0.39 is 0 Å². The molecule has 0 saturated heterocycles. The van der Waals surface area contributed by atoms with Gasteiger partial charge in [-0.1, -0.05) is 6.08 Å². The molecule has 0 aromatic heterocycles. The summed E-state index contributed by atoms with van der Waals surface area (Å²) in [6.07, 6.45) is 8.13. The molecule has 0 unspecified atom stereocenters. The van der Waals surface area contributed by atoms with Crippen molar-refractivity contribution in [1.82, 2.24) is 0 Å². The lowest BCUT2D eigenvalue weighted by Gasteiger charge is -1.87. The maximum atomic E-state index is 3.87. The summed E-state index contributed by atoms with van der Waals surface area (Å²) in [4.78, 5) is 3.87. The molecule has 0 bridgehead atoms. The van der Waals surface area contributed by atoms with E-state index in [1.807, 2.05) is 12.4 Å². The lowest BCUT2D eigenvalue weighted by Crippen LogP contribution is -1.75. The van der Waals surface area contributed by atoms with Crippen LogP contribution in [0.2, 0.25) is 0 Å². The summed E-state index contributed by atoms with van der Waals surface area (Å²) in [7, 11) is 0. The number of rotatable bonds is 0. The van der Waals surface area contributed by atoms with Crippen molar-refractivity contribution in [1.29, 1.82) is 0 Å². The summed E-state index contributed by atoms with van der Waals surface area (Å²) in [5.41, 5.74) is 0. The molecule has 0 N–H and O–H groups in total. The van der Waals surface area contributed by atoms with E-state index in [1.165, 1.54) is 6.42 Å². The first-order chi connectivity index (χ1) is 3.00. The van der Waals surface area contributed by atoms with Crippen molar-refractivity contribution in [2.45, 2.75) is 12.8 Å². The molecule has 1 nitrogen and oxygen atoms in total. The van der Waals surface area contributed by atoms with Crippen LogP contribution in [-0.4, -0.2) is 6.21 Å². The molecule has 0 atom stereocenters. The van der Waals surface area contributed by atoms with Crippen LogP contribution < -0.4 is 0 Å². The van der Waals surface area contributed by atoms with Crippen LogP contribution in [-0.2, 0) is 0 Å². The predicted molar refractivity (Wildman–Crippen MR) is 26.9 cm³/mol. The van der Waals surface area contributed by atoms with Crippen molar-refractivity contribution in [2.24, 2.45) is 4.99 Å². The second kappa shape index (κ2) is 1.75. The Morgan fingerprint density at radius 1 is 1.33 bits per heavy atom. The quantitative estimate of drug-likeness (QED) is 0.417. The molecular weight excluding hydrogens is 74.1 g/mol. The third kappa shape index (κ3) is 0.677. The van der Waals surface area contributed by atoms with Crippen molar-refractivity contribution in [3.05, 3.63) is 12.3 Å². The maximum absolute atomic E-state index is 3.87. The topological polar surface area (TPSA) is 12.4 Å². The molecule has 0 radical (unpaired) electrons. The van der Waals surface area contributed by atoms with Gasteiger partial charge in [-0.3, -0.25) is 4.99 Å². The van der Waals surface area contributed by atoms with E-state index >= 15 is 0 Å². The Labute approximate surface area is 37.4 Å². The Kier molecular flexibility index (Phi) is 1.05. The Balaban J connectivity index is 2.46. The third-order valence-corrected chi connectivity index (χ3v) is 0.759. The van der Waals surface area contributed by atoms with Gasteiger partial charge in [-0.15, -0.1) is 0 Å². The molecule has 0 aromatic carbocycles. The van der Waals surface area contributed by atoms with Crippen LogP contribution in [0.15, 0.2) is 17.3 Å². The number of nitrogens with zero attached hydrogens (tertiary/aromatic N) is 1. The summed E-state index contributed by atoms with van der Waals surface area (Å²) in [5, 5.41) is 0. The summed E-state index contributed by atoms with van der Waals surface area (Å²) < 4.78 is 0. The molecule has 0 aromatic rings. The van der Waals surface area contributed by atoms with Crippen LogP contribution in [0, 0.1) is 0 Å². The van der Waals surface area contributed by atoms with Gasteiger partial charge in [0.1, 0.15) is 0 Å². The van der Waals surface area contributed by atoms with Crippen LogP contribution in [0.3, 0.4) is 0 Å². The van der Waals surface area contributed by atoms with E-state index in [2.05, 4.69) is 11.1 Å². The molecule has 1 aliphatic heterocycles. The SMILES string of the molecule is C1=CN=CCC1. The van der Waals surface area contributed by atoms with Gasteiger partial charge in [-0.25, -0.2) is 0 Å². The Morgan fingerprint density at radius 3 is 2.50 bits per heavy atom. The number of hydrogen-bond acceptors (Lipinski definition) is 1. The second-order valence-electron chi connectivity index (χ2n) is 1.29. The minimum absolute atomic E-state index is 1.12. The Morgan fingerprint density at radius 2 is 2.33 bits per heavy atom. The van der Waals surface area contributed by atoms with E-state index in [-0.39, 0.29) is 0 Å². The molecule has 1 heteroatoms. The van der Waals surface area contributed by atoms with Crippen molar-refractivity contribution >= 4 is 6.21 Å². The highest BCUT2D eigenvalue weighted by Crippen LogP contribution is 1.92. The van der Waals surface area contributed by atoms with E-state index in [0.717, 1.165) is 6.42 Å². The van der Waals surface area contributed by atoms with Gasteiger partial charge in [0.15, 0.2) is 0 Å². The standard InChI is InChI=1S/C5H7N/c1-2-4-6-5-3-1/h2,4-5H,1,3H2. The van der Waals surface area contributed by atoms with Crippen LogP contribution in [0.25, 0.3) is 0 Å². The van der Waals surface area contributed by atoms with Crippen LogP contribution in [0.4, 0.5) is 0 Å². The van der Waals surface area contributed by atoms with Gasteiger partial charge in [0.2, 0.25) is 0 Å². The highest BCUT2D eigenvalue weighted by atomic mass is 14.7. The second-order valence-corrected chi connectivity index (χ2v) is 1.29. The predicted octanol–water partition coefficient (Wildman–Crippen LogP) is 1.36. The van der Waals surface area contributed by atoms with Gasteiger partial charge < -0.3 is 0 Å². The number of allylic oxidation sites excluding steroid dienone is 1.